The molecule has 2 rings (SSSR count). The van der Waals surface area contributed by atoms with Gasteiger partial charge in [-0.15, -0.1) is 0 Å². The van der Waals surface area contributed by atoms with E-state index in [-0.39, 0.29) is 5.41 Å². The zero-order valence-corrected chi connectivity index (χ0v) is 11.7. The van der Waals surface area contributed by atoms with Crippen molar-refractivity contribution in [3.05, 3.63) is 29.8 Å². The molecule has 0 unspecified atom stereocenters. The Morgan fingerprint density at radius 1 is 1.18 bits per heavy atom. The summed E-state index contributed by atoms with van der Waals surface area (Å²) in [4.78, 5) is 4.77. The SMILES string of the molecule is CN(C)C1CN(c2cccc(C(C)(C)C)c2)C1. The van der Waals surface area contributed by atoms with E-state index in [1.54, 1.807) is 0 Å². The first-order valence-electron chi connectivity index (χ1n) is 6.40. The van der Waals surface area contributed by atoms with Gasteiger partial charge in [0.15, 0.2) is 0 Å². The largest absolute Gasteiger partial charge is 0.368 e. The molecule has 1 aromatic carbocycles. The molecule has 0 N–H and O–H groups in total. The first-order chi connectivity index (χ1) is 7.88. The molecular weight excluding hydrogens is 208 g/mol. The average Bonchev–Trinajstić information content (AvgIpc) is 2.13. The van der Waals surface area contributed by atoms with E-state index in [4.69, 9.17) is 0 Å². The Morgan fingerprint density at radius 2 is 1.82 bits per heavy atom. The Morgan fingerprint density at radius 3 is 2.35 bits per heavy atom. The van der Waals surface area contributed by atoms with Crippen LogP contribution in [-0.2, 0) is 5.41 Å². The second-order valence-electron chi connectivity index (χ2n) is 6.32. The number of hydrogen-bond acceptors (Lipinski definition) is 2. The van der Waals surface area contributed by atoms with Gasteiger partial charge in [0.2, 0.25) is 0 Å². The number of anilines is 1. The molecule has 1 heterocycles. The number of benzene rings is 1. The second kappa shape index (κ2) is 4.34. The molecule has 1 saturated heterocycles. The summed E-state index contributed by atoms with van der Waals surface area (Å²) in [5.41, 5.74) is 3.03. The number of likely N-dealkylation sites (N-methyl/N-ethyl adjacent to an activating group) is 1. The zero-order valence-electron chi connectivity index (χ0n) is 11.7. The summed E-state index contributed by atoms with van der Waals surface area (Å²) >= 11 is 0. The molecule has 0 atom stereocenters. The van der Waals surface area contributed by atoms with Crippen LogP contribution in [0.4, 0.5) is 5.69 Å². The molecule has 1 aromatic rings. The summed E-state index contributed by atoms with van der Waals surface area (Å²) in [6, 6.07) is 9.69. The number of hydrogen-bond donors (Lipinski definition) is 0. The van der Waals surface area contributed by atoms with Gasteiger partial charge in [0.1, 0.15) is 0 Å². The fraction of sp³-hybridized carbons (Fsp3) is 0.600. The van der Waals surface area contributed by atoms with Gasteiger partial charge in [-0.3, -0.25) is 0 Å². The van der Waals surface area contributed by atoms with Gasteiger partial charge in [0.05, 0.1) is 0 Å². The molecule has 94 valence electrons. The molecule has 0 bridgehead atoms. The van der Waals surface area contributed by atoms with E-state index >= 15 is 0 Å². The highest BCUT2D eigenvalue weighted by Gasteiger charge is 2.28. The quantitative estimate of drug-likeness (QED) is 0.773. The van der Waals surface area contributed by atoms with Gasteiger partial charge in [-0.2, -0.15) is 0 Å². The van der Waals surface area contributed by atoms with Crippen molar-refractivity contribution in [1.82, 2.24) is 4.90 Å². The minimum Gasteiger partial charge on any atom is -0.368 e. The Labute approximate surface area is 105 Å². The summed E-state index contributed by atoms with van der Waals surface area (Å²) in [5.74, 6) is 0. The first-order valence-corrected chi connectivity index (χ1v) is 6.40. The molecule has 0 saturated carbocycles. The van der Waals surface area contributed by atoms with Gasteiger partial charge < -0.3 is 9.80 Å². The van der Waals surface area contributed by atoms with E-state index in [1.165, 1.54) is 11.3 Å². The van der Waals surface area contributed by atoms with E-state index in [2.05, 4.69) is 68.9 Å². The van der Waals surface area contributed by atoms with E-state index in [1.807, 2.05) is 0 Å². The second-order valence-corrected chi connectivity index (χ2v) is 6.32. The van der Waals surface area contributed by atoms with E-state index < -0.39 is 0 Å². The van der Waals surface area contributed by atoms with E-state index in [9.17, 15) is 0 Å². The van der Waals surface area contributed by atoms with Crippen LogP contribution in [0.15, 0.2) is 24.3 Å². The van der Waals surface area contributed by atoms with Gasteiger partial charge in [0, 0.05) is 24.8 Å². The zero-order chi connectivity index (χ0) is 12.6. The topological polar surface area (TPSA) is 6.48 Å². The molecule has 2 nitrogen and oxygen atoms in total. The van der Waals surface area contributed by atoms with Crippen molar-refractivity contribution in [2.75, 3.05) is 32.1 Å². The Kier molecular flexibility index (Phi) is 3.17. The Balaban J connectivity index is 2.09. The van der Waals surface area contributed by atoms with Gasteiger partial charge in [0.25, 0.3) is 0 Å². The summed E-state index contributed by atoms with van der Waals surface area (Å²) in [7, 11) is 4.32. The van der Waals surface area contributed by atoms with Crippen LogP contribution >= 0.6 is 0 Å². The predicted molar refractivity (Wildman–Crippen MR) is 74.8 cm³/mol. The average molecular weight is 232 g/mol. The maximum Gasteiger partial charge on any atom is 0.0440 e. The number of nitrogens with zero attached hydrogens (tertiary/aromatic N) is 2. The van der Waals surface area contributed by atoms with Gasteiger partial charge in [-0.25, -0.2) is 0 Å². The van der Waals surface area contributed by atoms with Crippen LogP contribution in [0.3, 0.4) is 0 Å². The highest BCUT2D eigenvalue weighted by atomic mass is 15.3. The third kappa shape index (κ3) is 2.63. The van der Waals surface area contributed by atoms with Gasteiger partial charge >= 0.3 is 0 Å². The maximum absolute atomic E-state index is 2.46. The molecule has 1 fully saturated rings. The van der Waals surface area contributed by atoms with Crippen LogP contribution in [0.5, 0.6) is 0 Å². The normalized spacial score (nSPS) is 17.4. The van der Waals surface area contributed by atoms with Crippen molar-refractivity contribution < 1.29 is 0 Å². The number of rotatable bonds is 2. The monoisotopic (exact) mass is 232 g/mol. The van der Waals surface area contributed by atoms with Crippen LogP contribution in [0.2, 0.25) is 0 Å². The lowest BCUT2D eigenvalue weighted by molar-refractivity contribution is 0.247. The third-order valence-corrected chi connectivity index (χ3v) is 3.67. The molecule has 0 amide bonds. The lowest BCUT2D eigenvalue weighted by Crippen LogP contribution is -2.57. The van der Waals surface area contributed by atoms with Crippen LogP contribution in [0, 0.1) is 0 Å². The molecule has 1 aliphatic heterocycles. The Hall–Kier alpha value is -1.02. The molecule has 2 heteroatoms. The Bertz CT molecular complexity index is 384. The highest BCUT2D eigenvalue weighted by Crippen LogP contribution is 2.29. The van der Waals surface area contributed by atoms with Crippen molar-refractivity contribution in [2.24, 2.45) is 0 Å². The van der Waals surface area contributed by atoms with E-state index in [0.29, 0.717) is 6.04 Å². The molecule has 0 aromatic heterocycles. The van der Waals surface area contributed by atoms with E-state index in [0.717, 1.165) is 13.1 Å². The summed E-state index contributed by atoms with van der Waals surface area (Å²) in [6.45, 7) is 9.11. The lowest BCUT2D eigenvalue weighted by atomic mass is 9.86. The van der Waals surface area contributed by atoms with Crippen molar-refractivity contribution >= 4 is 5.69 Å². The van der Waals surface area contributed by atoms with Crippen molar-refractivity contribution in [3.8, 4) is 0 Å². The molecule has 0 aliphatic carbocycles. The smallest absolute Gasteiger partial charge is 0.0440 e. The maximum atomic E-state index is 2.46. The summed E-state index contributed by atoms with van der Waals surface area (Å²) < 4.78 is 0. The minimum atomic E-state index is 0.238. The molecule has 0 radical (unpaired) electrons. The fourth-order valence-electron chi connectivity index (χ4n) is 2.16. The van der Waals surface area contributed by atoms with Gasteiger partial charge in [-0.05, 0) is 37.2 Å². The van der Waals surface area contributed by atoms with Crippen molar-refractivity contribution in [2.45, 2.75) is 32.2 Å². The first kappa shape index (κ1) is 12.4. The fourth-order valence-corrected chi connectivity index (χ4v) is 2.16. The van der Waals surface area contributed by atoms with Crippen molar-refractivity contribution in [3.63, 3.8) is 0 Å². The summed E-state index contributed by atoms with van der Waals surface area (Å²) in [6.07, 6.45) is 0. The third-order valence-electron chi connectivity index (χ3n) is 3.67. The highest BCUT2D eigenvalue weighted by molar-refractivity contribution is 5.52. The minimum absolute atomic E-state index is 0.238. The van der Waals surface area contributed by atoms with Gasteiger partial charge in [-0.1, -0.05) is 32.9 Å². The van der Waals surface area contributed by atoms with Crippen LogP contribution < -0.4 is 4.90 Å². The molecule has 17 heavy (non-hydrogen) atoms. The summed E-state index contributed by atoms with van der Waals surface area (Å²) in [5, 5.41) is 0. The van der Waals surface area contributed by atoms with Crippen LogP contribution in [-0.4, -0.2) is 38.1 Å². The molecule has 1 aliphatic rings. The standard InChI is InChI=1S/C15H24N2/c1-15(2,3)12-7-6-8-13(9-12)17-10-14(11-17)16(4)5/h6-9,14H,10-11H2,1-5H3. The lowest BCUT2D eigenvalue weighted by Gasteiger charge is -2.44. The van der Waals surface area contributed by atoms with Crippen LogP contribution in [0.1, 0.15) is 26.3 Å². The molecular formula is C15H24N2. The van der Waals surface area contributed by atoms with Crippen LogP contribution in [0.25, 0.3) is 0 Å². The molecule has 0 spiro atoms. The van der Waals surface area contributed by atoms with Crippen molar-refractivity contribution in [1.29, 1.82) is 0 Å². The predicted octanol–water partition coefficient (Wildman–Crippen LogP) is 2.73.